The number of likely N-dealkylation sites (tertiary alicyclic amines) is 1. The van der Waals surface area contributed by atoms with E-state index in [1.807, 2.05) is 12.1 Å². The SMILES string of the molecule is CC(C)(C)N1CCC(CCC(=O)c2c3n(c4ccccc24)CCCO3)CC1. The van der Waals surface area contributed by atoms with Crippen molar-refractivity contribution in [3.05, 3.63) is 29.8 Å². The minimum Gasteiger partial charge on any atom is -0.478 e. The van der Waals surface area contributed by atoms with Crippen LogP contribution in [0, 0.1) is 5.92 Å². The Hall–Kier alpha value is -1.81. The highest BCUT2D eigenvalue weighted by Crippen LogP contribution is 2.36. The van der Waals surface area contributed by atoms with Gasteiger partial charge in [-0.2, -0.15) is 0 Å². The number of ketones is 1. The van der Waals surface area contributed by atoms with Gasteiger partial charge >= 0.3 is 0 Å². The molecule has 0 spiro atoms. The van der Waals surface area contributed by atoms with Gasteiger partial charge in [0.1, 0.15) is 0 Å². The normalized spacial score (nSPS) is 19.1. The zero-order valence-electron chi connectivity index (χ0n) is 17.0. The first-order chi connectivity index (χ1) is 12.9. The van der Waals surface area contributed by atoms with E-state index in [2.05, 4.69) is 42.4 Å². The van der Waals surface area contributed by atoms with E-state index in [9.17, 15) is 4.79 Å². The minimum atomic E-state index is 0.250. The number of fused-ring (bicyclic) bond motifs is 3. The van der Waals surface area contributed by atoms with E-state index >= 15 is 0 Å². The maximum absolute atomic E-state index is 13.2. The number of ether oxygens (including phenoxy) is 1. The third-order valence-corrected chi connectivity index (χ3v) is 6.31. The highest BCUT2D eigenvalue weighted by Gasteiger charge is 2.29. The highest BCUT2D eigenvalue weighted by atomic mass is 16.5. The van der Waals surface area contributed by atoms with Crippen LogP contribution < -0.4 is 4.74 Å². The molecule has 0 N–H and O–H groups in total. The van der Waals surface area contributed by atoms with Gasteiger partial charge in [0.05, 0.1) is 17.7 Å². The van der Waals surface area contributed by atoms with Gasteiger partial charge < -0.3 is 9.30 Å². The topological polar surface area (TPSA) is 34.5 Å². The van der Waals surface area contributed by atoms with Gasteiger partial charge in [-0.25, -0.2) is 0 Å². The molecule has 1 aromatic heterocycles. The Morgan fingerprint density at radius 3 is 2.63 bits per heavy atom. The molecule has 2 aromatic rings. The second-order valence-corrected chi connectivity index (χ2v) is 9.11. The third-order valence-electron chi connectivity index (χ3n) is 6.31. The van der Waals surface area contributed by atoms with Gasteiger partial charge in [0.15, 0.2) is 5.78 Å². The summed E-state index contributed by atoms with van der Waals surface area (Å²) in [6, 6.07) is 8.24. The Bertz CT molecular complexity index is 823. The molecule has 0 saturated carbocycles. The summed E-state index contributed by atoms with van der Waals surface area (Å²) in [5.41, 5.74) is 2.20. The van der Waals surface area contributed by atoms with Crippen LogP contribution in [0.2, 0.25) is 0 Å². The van der Waals surface area contributed by atoms with Crippen LogP contribution in [-0.2, 0) is 6.54 Å². The van der Waals surface area contributed by atoms with Crippen LogP contribution >= 0.6 is 0 Å². The lowest BCUT2D eigenvalue weighted by Gasteiger charge is -2.41. The lowest BCUT2D eigenvalue weighted by Crippen LogP contribution is -2.46. The average molecular weight is 369 g/mol. The largest absolute Gasteiger partial charge is 0.478 e. The van der Waals surface area contributed by atoms with Crippen LogP contribution in [0.3, 0.4) is 0 Å². The molecule has 0 atom stereocenters. The number of rotatable bonds is 4. The van der Waals surface area contributed by atoms with E-state index in [0.717, 1.165) is 54.8 Å². The van der Waals surface area contributed by atoms with E-state index in [-0.39, 0.29) is 11.3 Å². The molecular weight excluding hydrogens is 336 g/mol. The van der Waals surface area contributed by atoms with Gasteiger partial charge in [0, 0.05) is 23.9 Å². The molecule has 0 aliphatic carbocycles. The molecule has 0 amide bonds. The molecule has 1 aromatic carbocycles. The number of hydrogen-bond donors (Lipinski definition) is 0. The van der Waals surface area contributed by atoms with Crippen LogP contribution in [0.15, 0.2) is 24.3 Å². The van der Waals surface area contributed by atoms with Gasteiger partial charge in [0.25, 0.3) is 0 Å². The number of aromatic nitrogens is 1. The number of piperidine rings is 1. The Balaban J connectivity index is 1.45. The van der Waals surface area contributed by atoms with Crippen molar-refractivity contribution in [3.8, 4) is 5.88 Å². The van der Waals surface area contributed by atoms with Crippen LogP contribution in [-0.4, -0.2) is 40.5 Å². The molecule has 0 radical (unpaired) electrons. The van der Waals surface area contributed by atoms with Crippen molar-refractivity contribution < 1.29 is 9.53 Å². The average Bonchev–Trinajstić information content (AvgIpc) is 3.00. The smallest absolute Gasteiger partial charge is 0.205 e. The summed E-state index contributed by atoms with van der Waals surface area (Å²) in [7, 11) is 0. The molecule has 2 aliphatic rings. The second-order valence-electron chi connectivity index (χ2n) is 9.11. The summed E-state index contributed by atoms with van der Waals surface area (Å²) < 4.78 is 8.13. The molecule has 4 heteroatoms. The van der Waals surface area contributed by atoms with Crippen molar-refractivity contribution in [2.45, 2.75) is 65.0 Å². The fourth-order valence-electron chi connectivity index (χ4n) is 4.67. The minimum absolute atomic E-state index is 0.250. The van der Waals surface area contributed by atoms with Crippen molar-refractivity contribution in [1.82, 2.24) is 9.47 Å². The van der Waals surface area contributed by atoms with Gasteiger partial charge in [-0.1, -0.05) is 18.2 Å². The van der Waals surface area contributed by atoms with Crippen molar-refractivity contribution in [2.24, 2.45) is 5.92 Å². The van der Waals surface area contributed by atoms with Gasteiger partial charge in [-0.05, 0) is 71.5 Å². The van der Waals surface area contributed by atoms with Crippen LogP contribution in [0.5, 0.6) is 5.88 Å². The lowest BCUT2D eigenvalue weighted by molar-refractivity contribution is 0.0809. The number of nitrogens with zero attached hydrogens (tertiary/aromatic N) is 2. The predicted molar refractivity (Wildman–Crippen MR) is 110 cm³/mol. The maximum Gasteiger partial charge on any atom is 0.205 e. The first-order valence-corrected chi connectivity index (χ1v) is 10.5. The second kappa shape index (κ2) is 7.31. The number of para-hydroxylation sites is 1. The summed E-state index contributed by atoms with van der Waals surface area (Å²) in [4.78, 5) is 15.7. The maximum atomic E-state index is 13.2. The van der Waals surface area contributed by atoms with E-state index in [1.165, 1.54) is 12.8 Å². The van der Waals surface area contributed by atoms with E-state index in [1.54, 1.807) is 0 Å². The van der Waals surface area contributed by atoms with Gasteiger partial charge in [-0.3, -0.25) is 9.69 Å². The van der Waals surface area contributed by atoms with Crippen molar-refractivity contribution in [2.75, 3.05) is 19.7 Å². The highest BCUT2D eigenvalue weighted by molar-refractivity contribution is 6.10. The summed E-state index contributed by atoms with van der Waals surface area (Å²) in [6.45, 7) is 10.8. The van der Waals surface area contributed by atoms with Crippen LogP contribution in [0.4, 0.5) is 0 Å². The van der Waals surface area contributed by atoms with E-state index < -0.39 is 0 Å². The fourth-order valence-corrected chi connectivity index (χ4v) is 4.67. The zero-order chi connectivity index (χ0) is 19.0. The summed E-state index contributed by atoms with van der Waals surface area (Å²) in [6.07, 6.45) is 5.04. The standard InChI is InChI=1S/C23H32N2O2/c1-23(2,3)24-14-11-17(12-15-24)9-10-20(26)21-18-7-4-5-8-19(18)25-13-6-16-27-22(21)25/h4-5,7-8,17H,6,9-16H2,1-3H3. The Labute approximate surface area is 162 Å². The quantitative estimate of drug-likeness (QED) is 0.720. The number of carbonyl (C=O) groups is 1. The molecule has 2 aliphatic heterocycles. The van der Waals surface area contributed by atoms with Crippen molar-refractivity contribution in [1.29, 1.82) is 0 Å². The molecule has 3 heterocycles. The number of Topliss-reactive ketones (excluding diaryl/α,β-unsaturated/α-hetero) is 1. The Morgan fingerprint density at radius 1 is 1.15 bits per heavy atom. The molecule has 4 nitrogen and oxygen atoms in total. The number of benzene rings is 1. The zero-order valence-corrected chi connectivity index (χ0v) is 17.0. The summed E-state index contributed by atoms with van der Waals surface area (Å²) in [5, 5.41) is 1.06. The molecule has 27 heavy (non-hydrogen) atoms. The molecule has 0 bridgehead atoms. The van der Waals surface area contributed by atoms with E-state index in [0.29, 0.717) is 18.9 Å². The number of hydrogen-bond acceptors (Lipinski definition) is 3. The fraction of sp³-hybridized carbons (Fsp3) is 0.609. The summed E-state index contributed by atoms with van der Waals surface area (Å²) >= 11 is 0. The Kier molecular flexibility index (Phi) is 5.02. The third kappa shape index (κ3) is 3.64. The lowest BCUT2D eigenvalue weighted by atomic mass is 9.88. The molecular formula is C23H32N2O2. The van der Waals surface area contributed by atoms with Crippen LogP contribution in [0.25, 0.3) is 10.9 Å². The number of carbonyl (C=O) groups excluding carboxylic acids is 1. The Morgan fingerprint density at radius 2 is 1.89 bits per heavy atom. The van der Waals surface area contributed by atoms with Gasteiger partial charge in [-0.15, -0.1) is 0 Å². The molecule has 4 rings (SSSR count). The van der Waals surface area contributed by atoms with Gasteiger partial charge in [0.2, 0.25) is 5.88 Å². The van der Waals surface area contributed by atoms with Crippen LogP contribution in [0.1, 0.15) is 63.2 Å². The molecule has 1 saturated heterocycles. The summed E-state index contributed by atoms with van der Waals surface area (Å²) in [5.74, 6) is 1.72. The number of aryl methyl sites for hydroxylation is 1. The van der Waals surface area contributed by atoms with Crippen molar-refractivity contribution in [3.63, 3.8) is 0 Å². The van der Waals surface area contributed by atoms with E-state index in [4.69, 9.17) is 4.74 Å². The monoisotopic (exact) mass is 368 g/mol. The predicted octanol–water partition coefficient (Wildman–Crippen LogP) is 4.90. The molecule has 1 fully saturated rings. The first kappa shape index (κ1) is 18.5. The molecule has 0 unspecified atom stereocenters. The first-order valence-electron chi connectivity index (χ1n) is 10.5. The van der Waals surface area contributed by atoms with Crippen molar-refractivity contribution >= 4 is 16.7 Å². The molecule has 146 valence electrons.